The van der Waals surface area contributed by atoms with Crippen molar-refractivity contribution in [2.75, 3.05) is 0 Å². The molecule has 0 unspecified atom stereocenters. The van der Waals surface area contributed by atoms with Gasteiger partial charge in [0, 0.05) is 0 Å². The van der Waals surface area contributed by atoms with Gasteiger partial charge >= 0.3 is 5.97 Å². The first-order chi connectivity index (χ1) is 12.1. The van der Waals surface area contributed by atoms with E-state index in [0.29, 0.717) is 12.3 Å². The van der Waals surface area contributed by atoms with E-state index in [-0.39, 0.29) is 30.6 Å². The van der Waals surface area contributed by atoms with Crippen molar-refractivity contribution < 1.29 is 14.3 Å². The lowest BCUT2D eigenvalue weighted by molar-refractivity contribution is -0.155. The van der Waals surface area contributed by atoms with Crippen LogP contribution in [0.1, 0.15) is 58.3 Å². The number of cyclic esters (lactones) is 1. The fourth-order valence-electron chi connectivity index (χ4n) is 4.38. The molecule has 1 saturated carbocycles. The Hall–Kier alpha value is -1.26. The molecule has 0 spiro atoms. The molecular weight excluding hydrogens is 350 g/mol. The number of hydrogen-bond donors (Lipinski definition) is 1. The fraction of sp³-hybridized carbons (Fsp3) is 0.667. The molecule has 3 rings (SSSR count). The normalized spacial score (nSPS) is 30.5. The van der Waals surface area contributed by atoms with E-state index >= 15 is 0 Å². The maximum absolute atomic E-state index is 12.2. The first kappa shape index (κ1) is 21.0. The molecule has 1 heterocycles. The number of rotatable bonds is 4. The standard InChI is InChI=1S/C21H31NO3.ClH/c1-15-20(25-18-11-3-2-4-12-18)17(14-16-8-5-6-9-16)10-7-13-19(22)21(23)24-15;/h2-4,11-12,15-17,19-20H,5-10,13-14,22H2,1H3;1H/t15-,17+,19-,20-;/m0./s1. The first-order valence-corrected chi connectivity index (χ1v) is 9.81. The Kier molecular flexibility index (Phi) is 8.23. The zero-order valence-electron chi connectivity index (χ0n) is 15.6. The van der Waals surface area contributed by atoms with Crippen molar-refractivity contribution in [1.29, 1.82) is 0 Å². The van der Waals surface area contributed by atoms with Crippen molar-refractivity contribution in [2.24, 2.45) is 17.6 Å². The Morgan fingerprint density at radius 3 is 2.46 bits per heavy atom. The van der Waals surface area contributed by atoms with Crippen LogP contribution in [-0.2, 0) is 9.53 Å². The Morgan fingerprint density at radius 2 is 1.77 bits per heavy atom. The monoisotopic (exact) mass is 381 g/mol. The quantitative estimate of drug-likeness (QED) is 0.780. The third-order valence-electron chi connectivity index (χ3n) is 5.75. The number of halogens is 1. The Morgan fingerprint density at radius 1 is 1.08 bits per heavy atom. The van der Waals surface area contributed by atoms with Crippen LogP contribution in [0.15, 0.2) is 30.3 Å². The van der Waals surface area contributed by atoms with E-state index in [1.54, 1.807) is 0 Å². The van der Waals surface area contributed by atoms with Crippen molar-refractivity contribution in [3.8, 4) is 5.75 Å². The second-order valence-corrected chi connectivity index (χ2v) is 7.72. The molecule has 0 radical (unpaired) electrons. The van der Waals surface area contributed by atoms with Gasteiger partial charge in [-0.05, 0) is 50.2 Å². The van der Waals surface area contributed by atoms with Crippen molar-refractivity contribution in [3.05, 3.63) is 30.3 Å². The summed E-state index contributed by atoms with van der Waals surface area (Å²) in [5.41, 5.74) is 5.97. The van der Waals surface area contributed by atoms with E-state index < -0.39 is 6.04 Å². The zero-order valence-corrected chi connectivity index (χ0v) is 16.5. The highest BCUT2D eigenvalue weighted by atomic mass is 35.5. The number of nitrogens with two attached hydrogens (primary N) is 1. The van der Waals surface area contributed by atoms with E-state index in [2.05, 4.69) is 0 Å². The third kappa shape index (κ3) is 5.62. The molecule has 1 aromatic rings. The summed E-state index contributed by atoms with van der Waals surface area (Å²) >= 11 is 0. The molecular formula is C21H32ClNO3. The van der Waals surface area contributed by atoms with Crippen LogP contribution < -0.4 is 10.5 Å². The third-order valence-corrected chi connectivity index (χ3v) is 5.75. The van der Waals surface area contributed by atoms with Crippen molar-refractivity contribution in [3.63, 3.8) is 0 Å². The second-order valence-electron chi connectivity index (χ2n) is 7.72. The fourth-order valence-corrected chi connectivity index (χ4v) is 4.38. The molecule has 4 nitrogen and oxygen atoms in total. The van der Waals surface area contributed by atoms with Crippen LogP contribution in [0.25, 0.3) is 0 Å². The number of carbonyl (C=O) groups excluding carboxylic acids is 1. The molecule has 0 amide bonds. The topological polar surface area (TPSA) is 61.5 Å². The lowest BCUT2D eigenvalue weighted by atomic mass is 9.83. The molecule has 2 fully saturated rings. The summed E-state index contributed by atoms with van der Waals surface area (Å²) in [7, 11) is 0. The minimum absolute atomic E-state index is 0. The van der Waals surface area contributed by atoms with E-state index in [0.717, 1.165) is 30.9 Å². The van der Waals surface area contributed by atoms with E-state index in [4.69, 9.17) is 15.2 Å². The highest BCUT2D eigenvalue weighted by Crippen LogP contribution is 2.36. The molecule has 1 aliphatic heterocycles. The number of para-hydroxylation sites is 1. The van der Waals surface area contributed by atoms with Gasteiger partial charge < -0.3 is 15.2 Å². The van der Waals surface area contributed by atoms with Gasteiger partial charge in [0.2, 0.25) is 0 Å². The van der Waals surface area contributed by atoms with Crippen LogP contribution in [0.5, 0.6) is 5.75 Å². The maximum Gasteiger partial charge on any atom is 0.323 e. The predicted octanol–water partition coefficient (Wildman–Crippen LogP) is 4.50. The minimum Gasteiger partial charge on any atom is -0.486 e. The van der Waals surface area contributed by atoms with Crippen LogP contribution >= 0.6 is 12.4 Å². The summed E-state index contributed by atoms with van der Waals surface area (Å²) in [5, 5.41) is 0. The van der Waals surface area contributed by atoms with Crippen molar-refractivity contribution >= 4 is 18.4 Å². The average molecular weight is 382 g/mol. The summed E-state index contributed by atoms with van der Waals surface area (Å²) in [6.07, 6.45) is 8.79. The Balaban J connectivity index is 0.00000243. The maximum atomic E-state index is 12.2. The Labute approximate surface area is 163 Å². The summed E-state index contributed by atoms with van der Waals surface area (Å²) < 4.78 is 12.0. The van der Waals surface area contributed by atoms with E-state index in [1.807, 2.05) is 37.3 Å². The SMILES string of the molecule is C[C@@H]1OC(=O)[C@@H](N)CCC[C@H](CC2CCCC2)[C@H]1Oc1ccccc1.Cl. The number of hydrogen-bond acceptors (Lipinski definition) is 4. The number of esters is 1. The summed E-state index contributed by atoms with van der Waals surface area (Å²) in [6, 6.07) is 9.37. The highest BCUT2D eigenvalue weighted by molar-refractivity contribution is 5.85. The predicted molar refractivity (Wildman–Crippen MR) is 106 cm³/mol. The first-order valence-electron chi connectivity index (χ1n) is 9.81. The molecule has 0 bridgehead atoms. The van der Waals surface area contributed by atoms with Crippen molar-refractivity contribution in [2.45, 2.75) is 76.5 Å². The molecule has 1 aliphatic carbocycles. The summed E-state index contributed by atoms with van der Waals surface area (Å²) in [5.74, 6) is 1.73. The highest BCUT2D eigenvalue weighted by Gasteiger charge is 2.35. The largest absolute Gasteiger partial charge is 0.486 e. The van der Waals surface area contributed by atoms with E-state index in [1.165, 1.54) is 25.7 Å². The smallest absolute Gasteiger partial charge is 0.323 e. The molecule has 0 aromatic heterocycles. The number of benzene rings is 1. The van der Waals surface area contributed by atoms with Gasteiger partial charge in [0.05, 0.1) is 0 Å². The summed E-state index contributed by atoms with van der Waals surface area (Å²) in [6.45, 7) is 1.95. The molecule has 4 atom stereocenters. The van der Waals surface area contributed by atoms with Gasteiger partial charge in [0.1, 0.15) is 24.0 Å². The van der Waals surface area contributed by atoms with Gasteiger partial charge in [-0.15, -0.1) is 12.4 Å². The van der Waals surface area contributed by atoms with Gasteiger partial charge in [-0.2, -0.15) is 0 Å². The van der Waals surface area contributed by atoms with Crippen LogP contribution in [0.3, 0.4) is 0 Å². The zero-order chi connectivity index (χ0) is 17.6. The molecule has 1 saturated heterocycles. The van der Waals surface area contributed by atoms with Crippen LogP contribution in [0, 0.1) is 11.8 Å². The molecule has 2 N–H and O–H groups in total. The van der Waals surface area contributed by atoms with Crippen LogP contribution in [0.2, 0.25) is 0 Å². The van der Waals surface area contributed by atoms with Gasteiger partial charge in [-0.3, -0.25) is 4.79 Å². The lowest BCUT2D eigenvalue weighted by Crippen LogP contribution is -2.42. The molecule has 1 aromatic carbocycles. The molecule has 2 aliphatic rings. The van der Waals surface area contributed by atoms with Crippen molar-refractivity contribution in [1.82, 2.24) is 0 Å². The van der Waals surface area contributed by atoms with Gasteiger partial charge in [0.25, 0.3) is 0 Å². The molecule has 5 heteroatoms. The lowest BCUT2D eigenvalue weighted by Gasteiger charge is -2.33. The van der Waals surface area contributed by atoms with Crippen LogP contribution in [-0.4, -0.2) is 24.2 Å². The number of ether oxygens (including phenoxy) is 2. The second kappa shape index (κ2) is 10.2. The Bertz CT molecular complexity index is 547. The number of carbonyl (C=O) groups is 1. The molecule has 26 heavy (non-hydrogen) atoms. The van der Waals surface area contributed by atoms with E-state index in [9.17, 15) is 4.79 Å². The minimum atomic E-state index is -0.509. The van der Waals surface area contributed by atoms with Gasteiger partial charge in [-0.1, -0.05) is 50.3 Å². The average Bonchev–Trinajstić information content (AvgIpc) is 3.12. The van der Waals surface area contributed by atoms with Gasteiger partial charge in [0.15, 0.2) is 0 Å². The van der Waals surface area contributed by atoms with Crippen LogP contribution in [0.4, 0.5) is 0 Å². The summed E-state index contributed by atoms with van der Waals surface area (Å²) in [4.78, 5) is 12.2. The molecule has 146 valence electrons. The van der Waals surface area contributed by atoms with Gasteiger partial charge in [-0.25, -0.2) is 0 Å².